The van der Waals surface area contributed by atoms with Crippen molar-refractivity contribution in [1.82, 2.24) is 9.97 Å². The monoisotopic (exact) mass is 525 g/mol. The second kappa shape index (κ2) is 10.3. The maximum atomic E-state index is 11.9. The van der Waals surface area contributed by atoms with Gasteiger partial charge in [0.2, 0.25) is 0 Å². The normalized spacial score (nSPS) is 11.4. The molecule has 0 saturated carbocycles. The fourth-order valence-corrected chi connectivity index (χ4v) is 5.90. The Labute approximate surface area is 222 Å². The highest BCUT2D eigenvalue weighted by Gasteiger charge is 2.18. The van der Waals surface area contributed by atoms with E-state index in [2.05, 4.69) is 53.2 Å². The van der Waals surface area contributed by atoms with Gasteiger partial charge in [0, 0.05) is 37.2 Å². The van der Waals surface area contributed by atoms with E-state index in [0.29, 0.717) is 4.90 Å². The summed E-state index contributed by atoms with van der Waals surface area (Å²) in [5.41, 5.74) is 6.25. The smallest absolute Gasteiger partial charge is 0.175 e. The van der Waals surface area contributed by atoms with Crippen LogP contribution in [0.1, 0.15) is 11.1 Å². The Morgan fingerprint density at radius 1 is 0.838 bits per heavy atom. The zero-order chi connectivity index (χ0) is 26.0. The summed E-state index contributed by atoms with van der Waals surface area (Å²) in [4.78, 5) is 13.1. The molecule has 0 amide bonds. The van der Waals surface area contributed by atoms with Crippen molar-refractivity contribution in [1.29, 1.82) is 0 Å². The van der Waals surface area contributed by atoms with Crippen LogP contribution in [0.4, 0.5) is 5.82 Å². The molecule has 0 atom stereocenters. The predicted octanol–water partition coefficient (Wildman–Crippen LogP) is 6.89. The van der Waals surface area contributed by atoms with Crippen molar-refractivity contribution in [2.75, 3.05) is 18.2 Å². The number of benzene rings is 3. The van der Waals surface area contributed by atoms with Crippen LogP contribution < -0.4 is 4.90 Å². The number of aromatic nitrogens is 2. The largest absolute Gasteiger partial charge is 0.355 e. The Balaban J connectivity index is 1.57. The van der Waals surface area contributed by atoms with Gasteiger partial charge in [0.1, 0.15) is 10.8 Å². The molecular weight excluding hydrogens is 498 g/mol. The lowest BCUT2D eigenvalue weighted by molar-refractivity contribution is 0.602. The molecule has 7 heteroatoms. The van der Waals surface area contributed by atoms with Crippen molar-refractivity contribution in [3.63, 3.8) is 0 Å². The molecule has 0 N–H and O–H groups in total. The zero-order valence-corrected chi connectivity index (χ0v) is 22.6. The van der Waals surface area contributed by atoms with Crippen LogP contribution in [0.3, 0.4) is 0 Å². The predicted molar refractivity (Wildman–Crippen MR) is 153 cm³/mol. The topological polar surface area (TPSA) is 63.2 Å². The minimum atomic E-state index is -3.26. The average molecular weight is 526 g/mol. The number of hydrogen-bond acceptors (Lipinski definition) is 6. The highest BCUT2D eigenvalue weighted by molar-refractivity contribution is 7.90. The third kappa shape index (κ3) is 5.63. The molecule has 2 aromatic heterocycles. The number of sulfone groups is 1. The van der Waals surface area contributed by atoms with E-state index in [0.717, 1.165) is 50.2 Å². The third-order valence-corrected chi connectivity index (χ3v) is 8.39. The van der Waals surface area contributed by atoms with Crippen molar-refractivity contribution >= 4 is 27.0 Å². The van der Waals surface area contributed by atoms with Gasteiger partial charge < -0.3 is 4.90 Å². The lowest BCUT2D eigenvalue weighted by atomic mass is 10.1. The maximum absolute atomic E-state index is 11.9. The van der Waals surface area contributed by atoms with Gasteiger partial charge >= 0.3 is 0 Å². The first kappa shape index (κ1) is 24.9. The molecule has 3 aromatic carbocycles. The molecule has 0 fully saturated rings. The summed E-state index contributed by atoms with van der Waals surface area (Å²) in [6.07, 6.45) is 3.06. The van der Waals surface area contributed by atoms with Gasteiger partial charge in [0.25, 0.3) is 0 Å². The Hall–Kier alpha value is -3.81. The van der Waals surface area contributed by atoms with Crippen molar-refractivity contribution in [2.24, 2.45) is 0 Å². The van der Waals surface area contributed by atoms with Crippen LogP contribution in [0.2, 0.25) is 0 Å². The Morgan fingerprint density at radius 2 is 1.59 bits per heavy atom. The molecule has 0 aliphatic carbocycles. The lowest BCUT2D eigenvalue weighted by Gasteiger charge is -2.19. The number of nitrogens with zero attached hydrogens (tertiary/aromatic N) is 3. The second-order valence-corrected chi connectivity index (χ2v) is 12.1. The first-order chi connectivity index (χ1) is 17.8. The minimum absolute atomic E-state index is 0.298. The number of thiazole rings is 1. The molecule has 0 unspecified atom stereocenters. The summed E-state index contributed by atoms with van der Waals surface area (Å²) in [5, 5.41) is 0.836. The molecule has 0 radical (unpaired) electrons. The van der Waals surface area contributed by atoms with E-state index >= 15 is 0 Å². The molecule has 5 nitrogen and oxygen atoms in total. The van der Waals surface area contributed by atoms with E-state index in [9.17, 15) is 8.42 Å². The number of aryl methyl sites for hydroxylation is 1. The van der Waals surface area contributed by atoms with Crippen LogP contribution in [-0.4, -0.2) is 31.7 Å². The first-order valence-corrected chi connectivity index (χ1v) is 14.6. The van der Waals surface area contributed by atoms with Crippen LogP contribution in [0.15, 0.2) is 102 Å². The van der Waals surface area contributed by atoms with Gasteiger partial charge in [-0.1, -0.05) is 66.2 Å². The number of pyridine rings is 1. The van der Waals surface area contributed by atoms with E-state index in [-0.39, 0.29) is 0 Å². The van der Waals surface area contributed by atoms with E-state index < -0.39 is 9.84 Å². The number of anilines is 1. The van der Waals surface area contributed by atoms with Gasteiger partial charge in [0.15, 0.2) is 9.84 Å². The molecule has 0 aliphatic heterocycles. The molecule has 0 aliphatic rings. The quantitative estimate of drug-likeness (QED) is 0.232. The molecule has 5 aromatic rings. The van der Waals surface area contributed by atoms with E-state index in [1.54, 1.807) is 23.5 Å². The Morgan fingerprint density at radius 3 is 2.30 bits per heavy atom. The van der Waals surface area contributed by atoms with Crippen LogP contribution in [0.5, 0.6) is 0 Å². The van der Waals surface area contributed by atoms with Crippen molar-refractivity contribution in [3.8, 4) is 32.3 Å². The van der Waals surface area contributed by atoms with Gasteiger partial charge in [-0.25, -0.2) is 18.4 Å². The number of hydrogen-bond donors (Lipinski definition) is 0. The van der Waals surface area contributed by atoms with Gasteiger partial charge in [-0.2, -0.15) is 0 Å². The van der Waals surface area contributed by atoms with Gasteiger partial charge in [-0.05, 0) is 48.4 Å². The zero-order valence-electron chi connectivity index (χ0n) is 20.9. The summed E-state index contributed by atoms with van der Waals surface area (Å²) in [6.45, 7) is 2.83. The fourth-order valence-electron chi connectivity index (χ4n) is 4.18. The minimum Gasteiger partial charge on any atom is -0.355 e. The highest BCUT2D eigenvalue weighted by atomic mass is 32.2. The molecule has 0 saturated heterocycles. The van der Waals surface area contributed by atoms with Crippen molar-refractivity contribution in [3.05, 3.63) is 108 Å². The van der Waals surface area contributed by atoms with Crippen molar-refractivity contribution < 1.29 is 8.42 Å². The van der Waals surface area contributed by atoms with Gasteiger partial charge in [-0.3, -0.25) is 0 Å². The Kier molecular flexibility index (Phi) is 6.91. The van der Waals surface area contributed by atoms with E-state index in [4.69, 9.17) is 4.98 Å². The molecule has 0 bridgehead atoms. The molecular formula is C30H27N3O2S2. The summed E-state index contributed by atoms with van der Waals surface area (Å²) >= 11 is 1.60. The van der Waals surface area contributed by atoms with Crippen LogP contribution >= 0.6 is 11.3 Å². The standard InChI is InChI=1S/C30H27N3O2S2/c1-21-8-7-11-24(18-21)28-29(36-30(32-28)23-12-14-26(15-13-23)37(3,34)35)25-16-17-31-27(19-25)33(2)20-22-9-5-4-6-10-22/h4-19H,20H2,1-3H3. The first-order valence-electron chi connectivity index (χ1n) is 11.9. The molecule has 5 rings (SSSR count). The summed E-state index contributed by atoms with van der Waals surface area (Å²) in [6, 6.07) is 29.7. The summed E-state index contributed by atoms with van der Waals surface area (Å²) in [5.74, 6) is 0.879. The summed E-state index contributed by atoms with van der Waals surface area (Å²) in [7, 11) is -1.22. The molecule has 37 heavy (non-hydrogen) atoms. The summed E-state index contributed by atoms with van der Waals surface area (Å²) < 4.78 is 23.8. The van der Waals surface area contributed by atoms with Gasteiger partial charge in [0.05, 0.1) is 15.5 Å². The van der Waals surface area contributed by atoms with E-state index in [1.165, 1.54) is 11.8 Å². The lowest BCUT2D eigenvalue weighted by Crippen LogP contribution is -2.17. The molecule has 2 heterocycles. The van der Waals surface area contributed by atoms with Crippen LogP contribution in [-0.2, 0) is 16.4 Å². The fraction of sp³-hybridized carbons (Fsp3) is 0.133. The number of rotatable bonds is 7. The average Bonchev–Trinajstić information content (AvgIpc) is 3.35. The SMILES string of the molecule is Cc1cccc(-c2nc(-c3ccc(S(C)(=O)=O)cc3)sc2-c2ccnc(N(C)Cc3ccccc3)c2)c1. The second-order valence-electron chi connectivity index (χ2n) is 9.11. The Bertz CT molecular complexity index is 1640. The van der Waals surface area contributed by atoms with E-state index in [1.807, 2.05) is 55.7 Å². The highest BCUT2D eigenvalue weighted by Crippen LogP contribution is 2.41. The van der Waals surface area contributed by atoms with Crippen LogP contribution in [0, 0.1) is 6.92 Å². The maximum Gasteiger partial charge on any atom is 0.175 e. The molecule has 186 valence electrons. The van der Waals surface area contributed by atoms with Crippen LogP contribution in [0.25, 0.3) is 32.3 Å². The third-order valence-electron chi connectivity index (χ3n) is 6.11. The van der Waals surface area contributed by atoms with Gasteiger partial charge in [-0.15, -0.1) is 11.3 Å². The molecule has 0 spiro atoms. The van der Waals surface area contributed by atoms with Crippen molar-refractivity contribution in [2.45, 2.75) is 18.4 Å².